The maximum absolute atomic E-state index is 12.8. The lowest BCUT2D eigenvalue weighted by Crippen LogP contribution is -2.27. The lowest BCUT2D eigenvalue weighted by atomic mass is 10.1. The molecule has 1 aromatic heterocycles. The third-order valence-electron chi connectivity index (χ3n) is 4.45. The summed E-state index contributed by atoms with van der Waals surface area (Å²) in [6.07, 6.45) is 0.362. The van der Waals surface area contributed by atoms with E-state index in [1.165, 1.54) is 5.56 Å². The number of nitrogens with zero attached hydrogens (tertiary/aromatic N) is 2. The van der Waals surface area contributed by atoms with Crippen molar-refractivity contribution in [3.63, 3.8) is 0 Å². The van der Waals surface area contributed by atoms with Crippen LogP contribution in [0.25, 0.3) is 11.3 Å². The summed E-state index contributed by atoms with van der Waals surface area (Å²) in [5, 5.41) is 0.978. The molecule has 1 amide bonds. The first kappa shape index (κ1) is 19.1. The fourth-order valence-electron chi connectivity index (χ4n) is 2.89. The molecule has 0 fully saturated rings. The summed E-state index contributed by atoms with van der Waals surface area (Å²) in [5.41, 5.74) is 4.27. The fourth-order valence-corrected chi connectivity index (χ4v) is 3.84. The normalized spacial score (nSPS) is 10.7. The Balaban J connectivity index is 1.72. The van der Waals surface area contributed by atoms with Crippen LogP contribution in [-0.2, 0) is 17.8 Å². The number of hydrogen-bond acceptors (Lipinski definition) is 4. The van der Waals surface area contributed by atoms with Crippen LogP contribution in [0, 0.1) is 13.8 Å². The Bertz CT molecular complexity index is 914. The van der Waals surface area contributed by atoms with Gasteiger partial charge in [0.1, 0.15) is 5.75 Å². The molecule has 0 unspecified atom stereocenters. The van der Waals surface area contributed by atoms with Crippen molar-refractivity contribution in [3.8, 4) is 17.0 Å². The van der Waals surface area contributed by atoms with E-state index in [2.05, 4.69) is 36.2 Å². The van der Waals surface area contributed by atoms with Crippen molar-refractivity contribution >= 4 is 17.2 Å². The minimum Gasteiger partial charge on any atom is -0.497 e. The maximum Gasteiger partial charge on any atom is 0.227 e. The van der Waals surface area contributed by atoms with E-state index in [4.69, 9.17) is 4.74 Å². The molecular formula is C22H24N2O2S. The van der Waals surface area contributed by atoms with Crippen molar-refractivity contribution < 1.29 is 9.53 Å². The third-order valence-corrected chi connectivity index (χ3v) is 5.42. The Morgan fingerprint density at radius 2 is 1.74 bits per heavy atom. The minimum absolute atomic E-state index is 0.0860. The number of amides is 1. The molecule has 140 valence electrons. The van der Waals surface area contributed by atoms with Crippen molar-refractivity contribution in [1.29, 1.82) is 0 Å². The second kappa shape index (κ2) is 8.35. The highest BCUT2D eigenvalue weighted by molar-refractivity contribution is 7.12. The second-order valence-electron chi connectivity index (χ2n) is 6.65. The van der Waals surface area contributed by atoms with Crippen LogP contribution < -0.4 is 4.74 Å². The molecule has 0 radical (unpaired) electrons. The van der Waals surface area contributed by atoms with E-state index < -0.39 is 0 Å². The van der Waals surface area contributed by atoms with Gasteiger partial charge in [0.25, 0.3) is 0 Å². The standard InChI is InChI=1S/C22H24N2O2S/c1-15-5-9-18(10-6-15)22-20(27-16(2)23-22)13-21(25)24(3)14-17-7-11-19(26-4)12-8-17/h5-12H,13-14H2,1-4H3. The van der Waals surface area contributed by atoms with Gasteiger partial charge in [-0.2, -0.15) is 0 Å². The van der Waals surface area contributed by atoms with Crippen LogP contribution in [0.15, 0.2) is 48.5 Å². The molecule has 27 heavy (non-hydrogen) atoms. The molecule has 0 N–H and O–H groups in total. The van der Waals surface area contributed by atoms with Crippen LogP contribution in [0.4, 0.5) is 0 Å². The summed E-state index contributed by atoms with van der Waals surface area (Å²) in [6.45, 7) is 4.62. The number of methoxy groups -OCH3 is 1. The highest BCUT2D eigenvalue weighted by Crippen LogP contribution is 2.29. The van der Waals surface area contributed by atoms with Crippen molar-refractivity contribution in [1.82, 2.24) is 9.88 Å². The highest BCUT2D eigenvalue weighted by atomic mass is 32.1. The van der Waals surface area contributed by atoms with Crippen LogP contribution in [0.2, 0.25) is 0 Å². The first-order chi connectivity index (χ1) is 13.0. The quantitative estimate of drug-likeness (QED) is 0.626. The van der Waals surface area contributed by atoms with E-state index >= 15 is 0 Å². The van der Waals surface area contributed by atoms with Crippen molar-refractivity contribution in [3.05, 3.63) is 69.5 Å². The van der Waals surface area contributed by atoms with Crippen LogP contribution in [0.3, 0.4) is 0 Å². The number of carbonyl (C=O) groups is 1. The van der Waals surface area contributed by atoms with Crippen molar-refractivity contribution in [2.24, 2.45) is 0 Å². The number of thiazole rings is 1. The molecule has 1 heterocycles. The van der Waals surface area contributed by atoms with Gasteiger partial charge in [-0.3, -0.25) is 4.79 Å². The predicted octanol–water partition coefficient (Wildman–Crippen LogP) is 4.64. The zero-order valence-corrected chi connectivity index (χ0v) is 17.0. The molecule has 0 atom stereocenters. The van der Waals surface area contributed by atoms with Gasteiger partial charge < -0.3 is 9.64 Å². The molecule has 3 aromatic rings. The Morgan fingerprint density at radius 1 is 1.07 bits per heavy atom. The van der Waals surface area contributed by atoms with E-state index in [1.807, 2.05) is 38.2 Å². The molecule has 0 aliphatic rings. The average Bonchev–Trinajstić information content (AvgIpc) is 3.03. The molecule has 0 aliphatic heterocycles. The van der Waals surface area contributed by atoms with Crippen LogP contribution in [0.5, 0.6) is 5.75 Å². The number of hydrogen-bond donors (Lipinski definition) is 0. The van der Waals surface area contributed by atoms with Crippen LogP contribution in [0.1, 0.15) is 21.0 Å². The summed E-state index contributed by atoms with van der Waals surface area (Å²) in [6, 6.07) is 16.1. The number of carbonyl (C=O) groups excluding carboxylic acids is 1. The lowest BCUT2D eigenvalue weighted by Gasteiger charge is -2.17. The SMILES string of the molecule is COc1ccc(CN(C)C(=O)Cc2sc(C)nc2-c2ccc(C)cc2)cc1. The summed E-state index contributed by atoms with van der Waals surface area (Å²) in [5.74, 6) is 0.901. The number of rotatable bonds is 6. The lowest BCUT2D eigenvalue weighted by molar-refractivity contribution is -0.129. The van der Waals surface area contributed by atoms with Gasteiger partial charge in [-0.15, -0.1) is 11.3 Å². The van der Waals surface area contributed by atoms with E-state index in [0.29, 0.717) is 13.0 Å². The number of aromatic nitrogens is 1. The van der Waals surface area contributed by atoms with Gasteiger partial charge in [-0.1, -0.05) is 42.0 Å². The van der Waals surface area contributed by atoms with Crippen LogP contribution >= 0.6 is 11.3 Å². The van der Waals surface area contributed by atoms with Crippen molar-refractivity contribution in [2.45, 2.75) is 26.8 Å². The maximum atomic E-state index is 12.8. The molecule has 0 saturated carbocycles. The van der Waals surface area contributed by atoms with E-state index in [-0.39, 0.29) is 5.91 Å². The topological polar surface area (TPSA) is 42.4 Å². The van der Waals surface area contributed by atoms with E-state index in [0.717, 1.165) is 32.5 Å². The number of aryl methyl sites for hydroxylation is 2. The first-order valence-corrected chi connectivity index (χ1v) is 9.68. The number of benzene rings is 2. The zero-order valence-electron chi connectivity index (χ0n) is 16.2. The van der Waals surface area contributed by atoms with Crippen molar-refractivity contribution in [2.75, 3.05) is 14.2 Å². The van der Waals surface area contributed by atoms with Gasteiger partial charge >= 0.3 is 0 Å². The molecule has 0 spiro atoms. The third kappa shape index (κ3) is 4.74. The Hall–Kier alpha value is -2.66. The summed E-state index contributed by atoms with van der Waals surface area (Å²) in [7, 11) is 3.49. The monoisotopic (exact) mass is 380 g/mol. The number of ether oxygens (including phenoxy) is 1. The molecule has 0 saturated heterocycles. The van der Waals surface area contributed by atoms with Gasteiger partial charge in [-0.25, -0.2) is 4.98 Å². The molecule has 2 aromatic carbocycles. The predicted molar refractivity (Wildman–Crippen MR) is 110 cm³/mol. The largest absolute Gasteiger partial charge is 0.497 e. The smallest absolute Gasteiger partial charge is 0.227 e. The summed E-state index contributed by atoms with van der Waals surface area (Å²) >= 11 is 1.60. The summed E-state index contributed by atoms with van der Waals surface area (Å²) in [4.78, 5) is 20.2. The molecule has 0 aliphatic carbocycles. The van der Waals surface area contributed by atoms with E-state index in [9.17, 15) is 4.79 Å². The molecule has 4 nitrogen and oxygen atoms in total. The van der Waals surface area contributed by atoms with Gasteiger partial charge in [-0.05, 0) is 31.5 Å². The Kier molecular flexibility index (Phi) is 5.91. The zero-order chi connectivity index (χ0) is 19.4. The van der Waals surface area contributed by atoms with Gasteiger partial charge in [0.2, 0.25) is 5.91 Å². The van der Waals surface area contributed by atoms with E-state index in [1.54, 1.807) is 23.3 Å². The second-order valence-corrected chi connectivity index (χ2v) is 7.93. The first-order valence-electron chi connectivity index (χ1n) is 8.86. The van der Waals surface area contributed by atoms with Gasteiger partial charge in [0.15, 0.2) is 0 Å². The summed E-state index contributed by atoms with van der Waals surface area (Å²) < 4.78 is 5.18. The molecule has 5 heteroatoms. The molecule has 3 rings (SSSR count). The highest BCUT2D eigenvalue weighted by Gasteiger charge is 2.17. The van der Waals surface area contributed by atoms with Gasteiger partial charge in [0, 0.05) is 24.0 Å². The number of likely N-dealkylation sites (N-methyl/N-ethyl adjacent to an activating group) is 1. The Morgan fingerprint density at radius 3 is 2.37 bits per heavy atom. The van der Waals surface area contributed by atoms with Gasteiger partial charge in [0.05, 0.1) is 24.2 Å². The fraction of sp³-hybridized carbons (Fsp3) is 0.273. The molecule has 0 bridgehead atoms. The van der Waals surface area contributed by atoms with Crippen LogP contribution in [-0.4, -0.2) is 29.9 Å². The minimum atomic E-state index is 0.0860. The Labute approximate surface area is 164 Å². The molecular weight excluding hydrogens is 356 g/mol. The average molecular weight is 381 g/mol.